The summed E-state index contributed by atoms with van der Waals surface area (Å²) in [5, 5.41) is 2.25. The van der Waals surface area contributed by atoms with Gasteiger partial charge in [0.15, 0.2) is 11.3 Å². The van der Waals surface area contributed by atoms with Gasteiger partial charge in [0, 0.05) is 17.9 Å². The van der Waals surface area contributed by atoms with Crippen molar-refractivity contribution in [1.82, 2.24) is 42.4 Å². The maximum Gasteiger partial charge on any atom is 2.00 e. The molecule has 0 N–H and O–H groups in total. The summed E-state index contributed by atoms with van der Waals surface area (Å²) >= 11 is 0. The molecule has 0 atom stereocenters. The number of nitrogens with zero attached hydrogens (tertiary/aromatic N) is 9. The molecule has 0 unspecified atom stereocenters. The van der Waals surface area contributed by atoms with Gasteiger partial charge in [-0.25, -0.2) is 15.0 Å². The first kappa shape index (κ1) is 29.2. The fourth-order valence-electron chi connectivity index (χ4n) is 7.92. The van der Waals surface area contributed by atoms with Crippen LogP contribution in [0.15, 0.2) is 140 Å². The topological polar surface area (TPSA) is 75.2 Å². The van der Waals surface area contributed by atoms with Crippen molar-refractivity contribution >= 4 is 77.8 Å². The van der Waals surface area contributed by atoms with Gasteiger partial charge in [-0.1, -0.05) is 77.2 Å². The predicted octanol–water partition coefficient (Wildman–Crippen LogP) is 8.66. The first-order valence-electron chi connectivity index (χ1n) is 16.8. The second-order valence-corrected chi connectivity index (χ2v) is 12.7. The Morgan fingerprint density at radius 3 is 1.81 bits per heavy atom. The average Bonchev–Trinajstić information content (AvgIpc) is 3.97. The summed E-state index contributed by atoms with van der Waals surface area (Å²) in [7, 11) is 0. The summed E-state index contributed by atoms with van der Waals surface area (Å²) in [6, 6.07) is 51.8. The maximum absolute atomic E-state index is 5.10. The largest absolute Gasteiger partial charge is 2.00 e. The molecule has 12 aromatic rings. The molecule has 9 nitrogen and oxygen atoms in total. The molecule has 52 heavy (non-hydrogen) atoms. The van der Waals surface area contributed by atoms with Crippen LogP contribution in [0.5, 0.6) is 0 Å². The van der Waals surface area contributed by atoms with Crippen LogP contribution in [0.4, 0.5) is 0 Å². The number of imidazole rings is 4. The van der Waals surface area contributed by atoms with Crippen LogP contribution in [0.3, 0.4) is 0 Å². The SMILES string of the molecule is [Pt+2].[c-]1c(-n2c3[c-]c(-n4c5ccccc5n5c6nccnc6nc45)ccc3c3ccccc32)cccc1-n1c2ccccc2n2c3ccccc3nc12. The molecule has 0 aliphatic rings. The monoisotopic (exact) mass is 848 g/mol. The zero-order valence-corrected chi connectivity index (χ0v) is 29.4. The minimum atomic E-state index is 0. The number of fused-ring (bicyclic) bond motifs is 13. The molecule has 0 fully saturated rings. The third-order valence-corrected chi connectivity index (χ3v) is 10.0. The van der Waals surface area contributed by atoms with Gasteiger partial charge < -0.3 is 13.7 Å². The molecule has 0 aliphatic heterocycles. The normalized spacial score (nSPS) is 12.1. The van der Waals surface area contributed by atoms with E-state index in [1.165, 1.54) is 0 Å². The van der Waals surface area contributed by atoms with Gasteiger partial charge in [0.25, 0.3) is 0 Å². The summed E-state index contributed by atoms with van der Waals surface area (Å²) in [4.78, 5) is 19.2. The Bertz CT molecular complexity index is 3390. The minimum Gasteiger partial charge on any atom is -0.358 e. The third kappa shape index (κ3) is 3.80. The molecule has 6 heterocycles. The molecule has 0 bridgehead atoms. The molecule has 10 heteroatoms. The fraction of sp³-hybridized carbons (Fsp3) is 0. The number of hydrogen-bond acceptors (Lipinski definition) is 4. The van der Waals surface area contributed by atoms with Crippen LogP contribution in [-0.4, -0.2) is 42.4 Å². The molecule has 6 aromatic carbocycles. The van der Waals surface area contributed by atoms with Gasteiger partial charge in [0.1, 0.15) is 0 Å². The molecule has 0 saturated heterocycles. The van der Waals surface area contributed by atoms with Crippen LogP contribution in [0.2, 0.25) is 0 Å². The molecule has 0 amide bonds. The Labute approximate surface area is 308 Å². The molecular formula is C42H23N9Pt. The standard InChI is InChI=1S/C42H23N9.Pt/c1-3-14-32-29(12-1)30-21-20-28(49-35-17-6-8-19-37(35)51-40-39(46-42(49)51)43-22-23-44-40)25-38(30)47(32)26-10-9-11-27(24-26)48-34-16-5-7-18-36(34)50-33-15-4-2-13-31(33)45-41(48)50;/h1-23H;/q-2;+2. The van der Waals surface area contributed by atoms with Crippen molar-refractivity contribution in [2.45, 2.75) is 0 Å². The van der Waals surface area contributed by atoms with E-state index < -0.39 is 0 Å². The van der Waals surface area contributed by atoms with Gasteiger partial charge in [0.2, 0.25) is 11.6 Å². The quantitative estimate of drug-likeness (QED) is 0.167. The molecule has 12 rings (SSSR count). The molecule has 0 saturated carbocycles. The van der Waals surface area contributed by atoms with E-state index >= 15 is 0 Å². The number of hydrogen-bond donors (Lipinski definition) is 0. The Kier molecular flexibility index (Phi) is 6.01. The second kappa shape index (κ2) is 10.7. The van der Waals surface area contributed by atoms with Gasteiger partial charge >= 0.3 is 21.1 Å². The van der Waals surface area contributed by atoms with E-state index in [4.69, 9.17) is 9.97 Å². The summed E-state index contributed by atoms with van der Waals surface area (Å²) < 4.78 is 10.9. The van der Waals surface area contributed by atoms with E-state index in [-0.39, 0.29) is 21.1 Å². The number of benzene rings is 6. The summed E-state index contributed by atoms with van der Waals surface area (Å²) in [6.07, 6.45) is 3.39. The van der Waals surface area contributed by atoms with Crippen molar-refractivity contribution in [1.29, 1.82) is 0 Å². The van der Waals surface area contributed by atoms with Crippen LogP contribution in [0, 0.1) is 12.1 Å². The van der Waals surface area contributed by atoms with Gasteiger partial charge in [-0.2, -0.15) is 17.1 Å². The second-order valence-electron chi connectivity index (χ2n) is 12.7. The summed E-state index contributed by atoms with van der Waals surface area (Å²) in [5.74, 6) is 1.58. The average molecular weight is 849 g/mol. The number of para-hydroxylation sites is 7. The zero-order chi connectivity index (χ0) is 33.2. The maximum atomic E-state index is 5.10. The number of aromatic nitrogens is 9. The van der Waals surface area contributed by atoms with Crippen LogP contribution in [0.1, 0.15) is 0 Å². The van der Waals surface area contributed by atoms with E-state index in [1.807, 2.05) is 18.2 Å². The Hall–Kier alpha value is -6.57. The van der Waals surface area contributed by atoms with Crippen molar-refractivity contribution in [2.75, 3.05) is 0 Å². The van der Waals surface area contributed by atoms with E-state index in [1.54, 1.807) is 12.4 Å². The molecule has 0 aliphatic carbocycles. The fourth-order valence-corrected chi connectivity index (χ4v) is 7.92. The number of rotatable bonds is 3. The first-order chi connectivity index (χ1) is 25.3. The van der Waals surface area contributed by atoms with Crippen molar-refractivity contribution in [3.8, 4) is 17.1 Å². The van der Waals surface area contributed by atoms with Crippen molar-refractivity contribution < 1.29 is 21.1 Å². The molecule has 6 aromatic heterocycles. The van der Waals surface area contributed by atoms with E-state index in [9.17, 15) is 0 Å². The van der Waals surface area contributed by atoms with Crippen molar-refractivity contribution in [3.63, 3.8) is 0 Å². The Morgan fingerprint density at radius 2 is 1.02 bits per heavy atom. The van der Waals surface area contributed by atoms with Gasteiger partial charge in [-0.3, -0.25) is 8.80 Å². The predicted molar refractivity (Wildman–Crippen MR) is 200 cm³/mol. The van der Waals surface area contributed by atoms with Crippen LogP contribution >= 0.6 is 0 Å². The third-order valence-electron chi connectivity index (χ3n) is 10.0. The first-order valence-corrected chi connectivity index (χ1v) is 16.8. The molecule has 0 radical (unpaired) electrons. The molecule has 0 spiro atoms. The van der Waals surface area contributed by atoms with Gasteiger partial charge in [0.05, 0.1) is 33.1 Å². The Morgan fingerprint density at radius 1 is 0.423 bits per heavy atom. The Balaban J connectivity index is 0.00000320. The minimum absolute atomic E-state index is 0. The summed E-state index contributed by atoms with van der Waals surface area (Å²) in [6.45, 7) is 0. The van der Waals surface area contributed by atoms with Gasteiger partial charge in [-0.05, 0) is 47.9 Å². The smallest absolute Gasteiger partial charge is 0.358 e. The molecular weight excluding hydrogens is 826 g/mol. The summed E-state index contributed by atoms with van der Waals surface area (Å²) in [5.41, 5.74) is 12.2. The van der Waals surface area contributed by atoms with Crippen LogP contribution in [0.25, 0.3) is 94.8 Å². The van der Waals surface area contributed by atoms with E-state index in [0.717, 1.165) is 89.2 Å². The van der Waals surface area contributed by atoms with Crippen LogP contribution < -0.4 is 0 Å². The van der Waals surface area contributed by atoms with E-state index in [0.29, 0.717) is 5.65 Å². The van der Waals surface area contributed by atoms with Crippen molar-refractivity contribution in [3.05, 3.63) is 152 Å². The van der Waals surface area contributed by atoms with E-state index in [2.05, 4.69) is 154 Å². The molecule has 246 valence electrons. The zero-order valence-electron chi connectivity index (χ0n) is 27.1. The van der Waals surface area contributed by atoms with Crippen LogP contribution in [-0.2, 0) is 21.1 Å². The van der Waals surface area contributed by atoms with Crippen molar-refractivity contribution in [2.24, 2.45) is 0 Å². The van der Waals surface area contributed by atoms with Gasteiger partial charge in [-0.15, -0.1) is 35.7 Å².